The van der Waals surface area contributed by atoms with Gasteiger partial charge in [0.1, 0.15) is 0 Å². The van der Waals surface area contributed by atoms with Gasteiger partial charge in [0, 0.05) is 0 Å². The summed E-state index contributed by atoms with van der Waals surface area (Å²) in [4.78, 5) is 3.99. The average molecular weight is 437 g/mol. The number of hydrogen-bond donors (Lipinski definition) is 0. The zero-order valence-electron chi connectivity index (χ0n) is 15.1. The number of imidazole rings is 1. The molecule has 0 saturated carbocycles. The molecule has 1 atom stereocenters. The summed E-state index contributed by atoms with van der Waals surface area (Å²) >= 11 is 0.0142. The zero-order valence-corrected chi connectivity index (χ0v) is 16.8. The van der Waals surface area contributed by atoms with Gasteiger partial charge in [-0.2, -0.15) is 0 Å². The van der Waals surface area contributed by atoms with Crippen molar-refractivity contribution in [3.8, 4) is 11.5 Å². The summed E-state index contributed by atoms with van der Waals surface area (Å²) < 4.78 is 40.3. The van der Waals surface area contributed by atoms with E-state index in [0.29, 0.717) is 12.1 Å². The quantitative estimate of drug-likeness (QED) is 0.503. The number of aromatic nitrogens is 2. The Morgan fingerprint density at radius 1 is 1.07 bits per heavy atom. The van der Waals surface area contributed by atoms with E-state index in [0.717, 1.165) is 28.4 Å². The molecular weight excluding hydrogens is 417 g/mol. The molecule has 0 aliphatic carbocycles. The fraction of sp³-hybridized carbons (Fsp3) is 0.250. The van der Waals surface area contributed by atoms with Crippen LogP contribution < -0.4 is 9.47 Å². The molecule has 1 unspecified atom stereocenters. The van der Waals surface area contributed by atoms with Crippen LogP contribution in [0.2, 0.25) is 0 Å². The van der Waals surface area contributed by atoms with Crippen LogP contribution in [0.15, 0.2) is 55.1 Å². The van der Waals surface area contributed by atoms with Gasteiger partial charge in [-0.1, -0.05) is 0 Å². The predicted molar refractivity (Wildman–Crippen MR) is 100 cm³/mol. The standard InChI is InChI=1S/C20H20F2N2O2Se/c1-25-16-7-14(8-17(10-16)26-2)12-27-20(11-24-6-5-23-13-24)18-4-3-15(21)9-19(18)22/h3-10,13,20H,11-12H2,1-2H3. The van der Waals surface area contributed by atoms with Gasteiger partial charge in [0.05, 0.1) is 0 Å². The second kappa shape index (κ2) is 9.02. The van der Waals surface area contributed by atoms with Crippen LogP contribution in [0.25, 0.3) is 0 Å². The molecule has 0 spiro atoms. The van der Waals surface area contributed by atoms with Gasteiger partial charge in [-0.3, -0.25) is 0 Å². The van der Waals surface area contributed by atoms with E-state index in [1.165, 1.54) is 6.07 Å². The van der Waals surface area contributed by atoms with Crippen LogP contribution >= 0.6 is 0 Å². The Bertz CT molecular complexity index is 865. The first-order valence-electron chi connectivity index (χ1n) is 8.33. The Labute approximate surface area is 163 Å². The molecule has 7 heteroatoms. The van der Waals surface area contributed by atoms with Crippen molar-refractivity contribution in [3.05, 3.63) is 77.9 Å². The van der Waals surface area contributed by atoms with Crippen LogP contribution in [0.1, 0.15) is 15.9 Å². The summed E-state index contributed by atoms with van der Waals surface area (Å²) in [7, 11) is 3.22. The molecule has 3 aromatic rings. The SMILES string of the molecule is COc1cc(C[Se]C(Cn2ccnc2)c2ccc(F)cc2F)cc(OC)c1. The van der Waals surface area contributed by atoms with E-state index in [-0.39, 0.29) is 19.8 Å². The van der Waals surface area contributed by atoms with Gasteiger partial charge >= 0.3 is 163 Å². The molecule has 0 saturated heterocycles. The number of methoxy groups -OCH3 is 2. The third kappa shape index (κ3) is 5.08. The third-order valence-electron chi connectivity index (χ3n) is 4.11. The molecule has 0 amide bonds. The maximum absolute atomic E-state index is 14.4. The van der Waals surface area contributed by atoms with Crippen molar-refractivity contribution < 1.29 is 18.3 Å². The Hall–Kier alpha value is -2.37. The third-order valence-corrected chi connectivity index (χ3v) is 6.85. The summed E-state index contributed by atoms with van der Waals surface area (Å²) in [6, 6.07) is 9.53. The first kappa shape index (κ1) is 19.4. The van der Waals surface area contributed by atoms with E-state index in [1.54, 1.807) is 32.8 Å². The van der Waals surface area contributed by atoms with Gasteiger partial charge in [-0.25, -0.2) is 0 Å². The number of rotatable bonds is 8. The first-order valence-corrected chi connectivity index (χ1v) is 10.5. The van der Waals surface area contributed by atoms with Crippen LogP contribution in [0, 0.1) is 11.6 Å². The molecule has 1 heterocycles. The Kier molecular flexibility index (Phi) is 6.48. The van der Waals surface area contributed by atoms with Crippen molar-refractivity contribution in [2.24, 2.45) is 0 Å². The summed E-state index contributed by atoms with van der Waals surface area (Å²) in [6.45, 7) is 0.587. The van der Waals surface area contributed by atoms with Gasteiger partial charge < -0.3 is 0 Å². The Balaban J connectivity index is 1.83. The monoisotopic (exact) mass is 438 g/mol. The molecule has 0 N–H and O–H groups in total. The van der Waals surface area contributed by atoms with E-state index in [4.69, 9.17) is 9.47 Å². The fourth-order valence-corrected chi connectivity index (χ4v) is 5.27. The van der Waals surface area contributed by atoms with Crippen LogP contribution in [-0.2, 0) is 11.9 Å². The molecule has 27 heavy (non-hydrogen) atoms. The van der Waals surface area contributed by atoms with Gasteiger partial charge in [0.15, 0.2) is 0 Å². The fourth-order valence-electron chi connectivity index (χ4n) is 2.74. The topological polar surface area (TPSA) is 36.3 Å². The van der Waals surface area contributed by atoms with E-state index in [1.807, 2.05) is 29.0 Å². The predicted octanol–water partition coefficient (Wildman–Crippen LogP) is 3.82. The van der Waals surface area contributed by atoms with Crippen molar-refractivity contribution in [2.45, 2.75) is 16.7 Å². The molecule has 3 rings (SSSR count). The van der Waals surface area contributed by atoms with Crippen molar-refractivity contribution >= 4 is 15.0 Å². The number of ether oxygens (including phenoxy) is 2. The van der Waals surface area contributed by atoms with Crippen LogP contribution in [0.5, 0.6) is 11.5 Å². The van der Waals surface area contributed by atoms with Crippen molar-refractivity contribution in [3.63, 3.8) is 0 Å². The van der Waals surface area contributed by atoms with Crippen LogP contribution in [0.3, 0.4) is 0 Å². The second-order valence-electron chi connectivity index (χ2n) is 5.95. The number of hydrogen-bond acceptors (Lipinski definition) is 3. The first-order chi connectivity index (χ1) is 13.1. The molecule has 1 aromatic heterocycles. The molecule has 0 radical (unpaired) electrons. The molecular formula is C20H20F2N2O2Se. The van der Waals surface area contributed by atoms with Gasteiger partial charge in [-0.05, 0) is 0 Å². The van der Waals surface area contributed by atoms with Gasteiger partial charge in [0.2, 0.25) is 0 Å². The van der Waals surface area contributed by atoms with E-state index in [2.05, 4.69) is 4.98 Å². The second-order valence-corrected chi connectivity index (χ2v) is 8.44. The van der Waals surface area contributed by atoms with Crippen molar-refractivity contribution in [2.75, 3.05) is 14.2 Å². The number of benzene rings is 2. The van der Waals surface area contributed by atoms with Crippen LogP contribution in [-0.4, -0.2) is 38.7 Å². The number of halogens is 2. The molecule has 0 aliphatic heterocycles. The van der Waals surface area contributed by atoms with Gasteiger partial charge in [-0.15, -0.1) is 0 Å². The zero-order chi connectivity index (χ0) is 19.2. The molecule has 2 aromatic carbocycles. The minimum absolute atomic E-state index is 0.0142. The van der Waals surface area contributed by atoms with Crippen molar-refractivity contribution in [1.82, 2.24) is 9.55 Å². The van der Waals surface area contributed by atoms with Crippen LogP contribution in [0.4, 0.5) is 8.78 Å². The minimum atomic E-state index is -0.567. The van der Waals surface area contributed by atoms with E-state index < -0.39 is 11.6 Å². The maximum atomic E-state index is 14.4. The average Bonchev–Trinajstić information content (AvgIpc) is 3.18. The van der Waals surface area contributed by atoms with E-state index in [9.17, 15) is 8.78 Å². The summed E-state index contributed by atoms with van der Waals surface area (Å²) in [6.07, 6.45) is 5.25. The van der Waals surface area contributed by atoms with Gasteiger partial charge in [0.25, 0.3) is 0 Å². The molecule has 4 nitrogen and oxygen atoms in total. The summed E-state index contributed by atoms with van der Waals surface area (Å²) in [5.41, 5.74) is 1.59. The summed E-state index contributed by atoms with van der Waals surface area (Å²) in [5.74, 6) is 0.367. The Morgan fingerprint density at radius 2 is 1.81 bits per heavy atom. The van der Waals surface area contributed by atoms with Crippen molar-refractivity contribution in [1.29, 1.82) is 0 Å². The van der Waals surface area contributed by atoms with E-state index >= 15 is 0 Å². The number of nitrogens with zero attached hydrogens (tertiary/aromatic N) is 2. The molecule has 0 bridgehead atoms. The molecule has 0 fully saturated rings. The molecule has 142 valence electrons. The Morgan fingerprint density at radius 3 is 2.41 bits per heavy atom. The molecule has 0 aliphatic rings. The normalized spacial score (nSPS) is 12.0. The summed E-state index contributed by atoms with van der Waals surface area (Å²) in [5, 5.41) is 0.761.